The van der Waals surface area contributed by atoms with Crippen LogP contribution in [0.25, 0.3) is 0 Å². The fraction of sp³-hybridized carbons (Fsp3) is 0.250. The van der Waals surface area contributed by atoms with E-state index >= 15 is 0 Å². The van der Waals surface area contributed by atoms with Gasteiger partial charge in [-0.05, 0) is 18.6 Å². The van der Waals surface area contributed by atoms with Gasteiger partial charge < -0.3 is 0 Å². The summed E-state index contributed by atoms with van der Waals surface area (Å²) in [5, 5.41) is 0.318. The molecule has 1 nitrogen and oxygen atoms in total. The highest BCUT2D eigenvalue weighted by atomic mass is 35.5. The second kappa shape index (κ2) is 3.67. The molecule has 0 saturated heterocycles. The zero-order chi connectivity index (χ0) is 8.27. The molecule has 0 aliphatic heterocycles. The lowest BCUT2D eigenvalue weighted by molar-refractivity contribution is 0.338. The zero-order valence-corrected chi connectivity index (χ0v) is 6.68. The number of rotatable bonds is 2. The van der Waals surface area contributed by atoms with Crippen molar-refractivity contribution in [3.63, 3.8) is 0 Å². The summed E-state index contributed by atoms with van der Waals surface area (Å²) in [6.45, 7) is 3.43. The van der Waals surface area contributed by atoms with Gasteiger partial charge in [0.2, 0.25) is 0 Å². The first-order chi connectivity index (χ1) is 5.24. The van der Waals surface area contributed by atoms with Crippen LogP contribution in [-0.4, -0.2) is 4.98 Å². The molecule has 1 rings (SSSR count). The Hall–Kier alpha value is -0.630. The first kappa shape index (κ1) is 8.47. The summed E-state index contributed by atoms with van der Waals surface area (Å²) < 4.78 is 12.9. The molecule has 11 heavy (non-hydrogen) atoms. The second-order valence-electron chi connectivity index (χ2n) is 2.14. The molecule has 59 valence electrons. The third kappa shape index (κ3) is 2.15. The average molecular weight is 173 g/mol. The van der Waals surface area contributed by atoms with E-state index < -0.39 is 6.17 Å². The van der Waals surface area contributed by atoms with Crippen LogP contribution < -0.4 is 0 Å². The van der Waals surface area contributed by atoms with E-state index in [1.807, 2.05) is 0 Å². The maximum Gasteiger partial charge on any atom is 0.142 e. The second-order valence-corrected chi connectivity index (χ2v) is 2.53. The summed E-state index contributed by atoms with van der Waals surface area (Å²) in [7, 11) is 0. The van der Waals surface area contributed by atoms with E-state index in [9.17, 15) is 4.39 Å². The lowest BCUT2D eigenvalue weighted by Crippen LogP contribution is -1.93. The quantitative estimate of drug-likeness (QED) is 0.625. The van der Waals surface area contributed by atoms with Gasteiger partial charge in [0, 0.05) is 0 Å². The highest BCUT2D eigenvalue weighted by molar-refractivity contribution is 6.29. The maximum absolute atomic E-state index is 12.9. The van der Waals surface area contributed by atoms with Crippen LogP contribution in [0.3, 0.4) is 0 Å². The Morgan fingerprint density at radius 3 is 2.91 bits per heavy atom. The monoisotopic (exact) mass is 172 g/mol. The topological polar surface area (TPSA) is 12.9 Å². The summed E-state index contributed by atoms with van der Waals surface area (Å²) in [5.74, 6) is 0. The Balaban J connectivity index is 2.86. The van der Waals surface area contributed by atoms with Gasteiger partial charge in [0.25, 0.3) is 0 Å². The van der Waals surface area contributed by atoms with E-state index in [4.69, 9.17) is 11.6 Å². The number of hydrogen-bond acceptors (Lipinski definition) is 1. The first-order valence-corrected chi connectivity index (χ1v) is 3.67. The van der Waals surface area contributed by atoms with Crippen molar-refractivity contribution in [1.29, 1.82) is 0 Å². The molecule has 3 heteroatoms. The largest absolute Gasteiger partial charge is 0.241 e. The van der Waals surface area contributed by atoms with Gasteiger partial charge >= 0.3 is 0 Å². The Labute approximate surface area is 70.2 Å². The van der Waals surface area contributed by atoms with Gasteiger partial charge in [-0.15, -0.1) is 0 Å². The van der Waals surface area contributed by atoms with Crippen molar-refractivity contribution in [2.45, 2.75) is 12.6 Å². The molecule has 1 unspecified atom stereocenters. The van der Waals surface area contributed by atoms with Gasteiger partial charge in [-0.25, -0.2) is 9.37 Å². The van der Waals surface area contributed by atoms with Crippen molar-refractivity contribution in [3.8, 4) is 0 Å². The number of halogens is 2. The van der Waals surface area contributed by atoms with Gasteiger partial charge in [0.05, 0.1) is 5.69 Å². The van der Waals surface area contributed by atoms with Crippen molar-refractivity contribution in [1.82, 2.24) is 4.98 Å². The SMILES string of the molecule is [CH2]CC(F)c1cccc(Cl)n1. The molecule has 0 aliphatic rings. The molecular formula is C8H8ClFN. The molecule has 0 aromatic carbocycles. The minimum Gasteiger partial charge on any atom is -0.241 e. The van der Waals surface area contributed by atoms with Crippen LogP contribution in [0.5, 0.6) is 0 Å². The van der Waals surface area contributed by atoms with Gasteiger partial charge in [-0.3, -0.25) is 0 Å². The van der Waals surface area contributed by atoms with E-state index in [0.29, 0.717) is 10.8 Å². The predicted molar refractivity (Wildman–Crippen MR) is 43.1 cm³/mol. The molecule has 0 N–H and O–H groups in total. The van der Waals surface area contributed by atoms with E-state index in [1.54, 1.807) is 18.2 Å². The summed E-state index contributed by atoms with van der Waals surface area (Å²) in [5.41, 5.74) is 0.354. The van der Waals surface area contributed by atoms with Crippen LogP contribution in [0.1, 0.15) is 18.3 Å². The molecule has 0 spiro atoms. The first-order valence-electron chi connectivity index (χ1n) is 3.30. The van der Waals surface area contributed by atoms with Crippen molar-refractivity contribution in [2.75, 3.05) is 0 Å². The molecule has 0 aliphatic carbocycles. The number of hydrogen-bond donors (Lipinski definition) is 0. The molecule has 1 atom stereocenters. The highest BCUT2D eigenvalue weighted by Gasteiger charge is 2.07. The smallest absolute Gasteiger partial charge is 0.142 e. The number of nitrogens with zero attached hydrogens (tertiary/aromatic N) is 1. The van der Waals surface area contributed by atoms with Crippen LogP contribution in [0, 0.1) is 6.92 Å². The molecule has 0 amide bonds. The third-order valence-electron chi connectivity index (χ3n) is 1.31. The van der Waals surface area contributed by atoms with Gasteiger partial charge in [0.15, 0.2) is 0 Å². The fourth-order valence-corrected chi connectivity index (χ4v) is 0.917. The number of aromatic nitrogens is 1. The van der Waals surface area contributed by atoms with E-state index in [-0.39, 0.29) is 6.42 Å². The van der Waals surface area contributed by atoms with Crippen molar-refractivity contribution < 1.29 is 4.39 Å². The molecular weight excluding hydrogens is 165 g/mol. The molecule has 1 radical (unpaired) electrons. The third-order valence-corrected chi connectivity index (χ3v) is 1.52. The van der Waals surface area contributed by atoms with E-state index in [0.717, 1.165) is 0 Å². The summed E-state index contributed by atoms with van der Waals surface area (Å²) in [6, 6.07) is 4.88. The van der Waals surface area contributed by atoms with E-state index in [2.05, 4.69) is 11.9 Å². The van der Waals surface area contributed by atoms with Crippen molar-refractivity contribution >= 4 is 11.6 Å². The minimum absolute atomic E-state index is 0.188. The lowest BCUT2D eigenvalue weighted by Gasteiger charge is -2.02. The number of alkyl halides is 1. The summed E-state index contributed by atoms with van der Waals surface area (Å²) in [4.78, 5) is 3.79. The molecule has 1 aromatic rings. The minimum atomic E-state index is -1.10. The normalized spacial score (nSPS) is 13.0. The summed E-state index contributed by atoms with van der Waals surface area (Å²) in [6.07, 6.45) is -0.915. The zero-order valence-electron chi connectivity index (χ0n) is 5.93. The Bertz CT molecular complexity index is 239. The van der Waals surface area contributed by atoms with Crippen LogP contribution in [0.4, 0.5) is 4.39 Å². The van der Waals surface area contributed by atoms with Crippen LogP contribution in [0.2, 0.25) is 5.15 Å². The maximum atomic E-state index is 12.9. The van der Waals surface area contributed by atoms with Crippen molar-refractivity contribution in [3.05, 3.63) is 36.0 Å². The molecule has 0 bridgehead atoms. The molecule has 0 fully saturated rings. The molecule has 1 heterocycles. The van der Waals surface area contributed by atoms with Gasteiger partial charge in [-0.1, -0.05) is 24.6 Å². The molecule has 1 aromatic heterocycles. The van der Waals surface area contributed by atoms with E-state index in [1.165, 1.54) is 0 Å². The average Bonchev–Trinajstić information content (AvgIpc) is 2.03. The van der Waals surface area contributed by atoms with Crippen LogP contribution >= 0.6 is 11.6 Å². The predicted octanol–water partition coefficient (Wildman–Crippen LogP) is 2.97. The standard InChI is InChI=1S/C8H8ClFN/c1-2-6(10)7-4-3-5-8(9)11-7/h3-6H,1-2H2. The highest BCUT2D eigenvalue weighted by Crippen LogP contribution is 2.19. The Morgan fingerprint density at radius 1 is 1.64 bits per heavy atom. The summed E-state index contributed by atoms with van der Waals surface area (Å²) >= 11 is 5.55. The van der Waals surface area contributed by atoms with Crippen LogP contribution in [-0.2, 0) is 0 Å². The van der Waals surface area contributed by atoms with Gasteiger partial charge in [-0.2, -0.15) is 0 Å². The van der Waals surface area contributed by atoms with Gasteiger partial charge in [0.1, 0.15) is 11.3 Å². The Morgan fingerprint density at radius 2 is 2.36 bits per heavy atom. The van der Waals surface area contributed by atoms with Crippen molar-refractivity contribution in [2.24, 2.45) is 0 Å². The number of pyridine rings is 1. The molecule has 0 saturated carbocycles. The lowest BCUT2D eigenvalue weighted by atomic mass is 10.2. The Kier molecular flexibility index (Phi) is 2.83. The fourth-order valence-electron chi connectivity index (χ4n) is 0.746. The van der Waals surface area contributed by atoms with Crippen LogP contribution in [0.15, 0.2) is 18.2 Å².